The topological polar surface area (TPSA) is 47.8 Å². The van der Waals surface area contributed by atoms with E-state index in [0.717, 1.165) is 44.2 Å². The zero-order chi connectivity index (χ0) is 21.8. The van der Waals surface area contributed by atoms with Crippen molar-refractivity contribution in [2.75, 3.05) is 26.2 Å². The van der Waals surface area contributed by atoms with Gasteiger partial charge < -0.3 is 14.3 Å². The molecule has 5 nitrogen and oxygen atoms in total. The van der Waals surface area contributed by atoms with Gasteiger partial charge in [-0.05, 0) is 6.92 Å². The average molecular weight is 427 g/mol. The molecule has 0 atom stereocenters. The Labute approximate surface area is 189 Å². The molecule has 1 aliphatic rings. The molecule has 1 aliphatic heterocycles. The predicted octanol–water partition coefficient (Wildman–Crippen LogP) is 2.12. The number of quaternary nitrogens is 2. The van der Waals surface area contributed by atoms with E-state index >= 15 is 0 Å². The molecule has 0 amide bonds. The molecule has 0 unspecified atom stereocenters. The Balaban J connectivity index is 1.25. The molecule has 2 heterocycles. The Morgan fingerprint density at radius 2 is 1.38 bits per heavy atom. The van der Waals surface area contributed by atoms with Crippen molar-refractivity contribution in [1.82, 2.24) is 10.1 Å². The third-order valence-corrected chi connectivity index (χ3v) is 6.45. The van der Waals surface area contributed by atoms with Crippen LogP contribution in [0.25, 0.3) is 11.4 Å². The molecule has 0 saturated carbocycles. The summed E-state index contributed by atoms with van der Waals surface area (Å²) < 4.78 is 5.58. The lowest BCUT2D eigenvalue weighted by atomic mass is 9.96. The first kappa shape index (κ1) is 20.6. The van der Waals surface area contributed by atoms with E-state index in [0.29, 0.717) is 11.9 Å². The lowest BCUT2D eigenvalue weighted by Crippen LogP contribution is -3.27. The van der Waals surface area contributed by atoms with Crippen LogP contribution < -0.4 is 9.80 Å². The van der Waals surface area contributed by atoms with E-state index in [1.807, 2.05) is 12.1 Å². The van der Waals surface area contributed by atoms with E-state index < -0.39 is 0 Å². The Bertz CT molecular complexity index is 1080. The van der Waals surface area contributed by atoms with Gasteiger partial charge in [0.25, 0.3) is 5.89 Å². The smallest absolute Gasteiger partial charge is 0.282 e. The van der Waals surface area contributed by atoms with Gasteiger partial charge >= 0.3 is 0 Å². The highest BCUT2D eigenvalue weighted by atomic mass is 16.5. The summed E-state index contributed by atoms with van der Waals surface area (Å²) in [5, 5.41) is 4.20. The summed E-state index contributed by atoms with van der Waals surface area (Å²) in [4.78, 5) is 7.78. The first-order chi connectivity index (χ1) is 15.8. The van der Waals surface area contributed by atoms with Crippen LogP contribution in [0.2, 0.25) is 0 Å². The molecule has 0 bridgehead atoms. The van der Waals surface area contributed by atoms with Crippen LogP contribution in [0.1, 0.15) is 28.6 Å². The van der Waals surface area contributed by atoms with Crippen LogP contribution in [0.3, 0.4) is 0 Å². The fraction of sp³-hybridized carbons (Fsp3) is 0.259. The van der Waals surface area contributed by atoms with E-state index in [1.54, 1.807) is 4.90 Å². The molecule has 0 aliphatic carbocycles. The summed E-state index contributed by atoms with van der Waals surface area (Å²) in [6, 6.07) is 30.4. The summed E-state index contributed by atoms with van der Waals surface area (Å²) in [6.45, 7) is 7.27. The molecule has 3 aromatic carbocycles. The Hall–Kier alpha value is -3.28. The second kappa shape index (κ2) is 9.47. The number of aryl methyl sites for hydroxylation is 1. The maximum Gasteiger partial charge on any atom is 0.282 e. The Morgan fingerprint density at radius 1 is 0.781 bits per heavy atom. The maximum atomic E-state index is 5.58. The highest BCUT2D eigenvalue weighted by Gasteiger charge is 2.32. The fourth-order valence-corrected chi connectivity index (χ4v) is 4.71. The molecule has 1 fully saturated rings. The van der Waals surface area contributed by atoms with Crippen LogP contribution >= 0.6 is 0 Å². The van der Waals surface area contributed by atoms with E-state index in [-0.39, 0.29) is 0 Å². The van der Waals surface area contributed by atoms with Gasteiger partial charge in [0, 0.05) is 16.7 Å². The number of piperazine rings is 1. The van der Waals surface area contributed by atoms with E-state index in [4.69, 9.17) is 4.52 Å². The van der Waals surface area contributed by atoms with E-state index in [2.05, 4.69) is 89.9 Å². The second-order valence-corrected chi connectivity index (χ2v) is 8.72. The lowest BCUT2D eigenvalue weighted by molar-refractivity contribution is -1.03. The zero-order valence-corrected chi connectivity index (χ0v) is 18.5. The predicted molar refractivity (Wildman–Crippen MR) is 124 cm³/mol. The normalized spacial score (nSPS) is 18.7. The van der Waals surface area contributed by atoms with Crippen molar-refractivity contribution in [2.24, 2.45) is 0 Å². The highest BCUT2D eigenvalue weighted by Crippen LogP contribution is 2.19. The number of aromatic nitrogens is 2. The number of benzene rings is 3. The van der Waals surface area contributed by atoms with Crippen LogP contribution in [-0.4, -0.2) is 36.3 Å². The first-order valence-corrected chi connectivity index (χ1v) is 11.4. The SMILES string of the molecule is Cc1ccc(-c2noc(C[NH+]3CC[NH+](C(c4ccccc4)c4ccccc4)CC3)n2)cc1. The molecule has 2 N–H and O–H groups in total. The summed E-state index contributed by atoms with van der Waals surface area (Å²) in [6.07, 6.45) is 0. The minimum absolute atomic E-state index is 0.371. The number of hydrogen-bond donors (Lipinski definition) is 2. The van der Waals surface area contributed by atoms with Gasteiger partial charge in [-0.25, -0.2) is 0 Å². The molecule has 4 aromatic rings. The largest absolute Gasteiger partial charge is 0.333 e. The Morgan fingerprint density at radius 3 is 1.97 bits per heavy atom. The molecule has 0 spiro atoms. The standard InChI is InChI=1S/C27H28N4O/c1-21-12-14-24(15-13-21)27-28-25(32-29-27)20-30-16-18-31(19-17-30)26(22-8-4-2-5-9-22)23-10-6-3-7-11-23/h2-15,26H,16-20H2,1H3/p+2. The van der Waals surface area contributed by atoms with Crippen LogP contribution in [-0.2, 0) is 6.54 Å². The van der Waals surface area contributed by atoms with Crippen molar-refractivity contribution in [3.63, 3.8) is 0 Å². The van der Waals surface area contributed by atoms with Crippen molar-refractivity contribution in [3.8, 4) is 11.4 Å². The molecular formula is C27H30N4O+2. The van der Waals surface area contributed by atoms with Crippen molar-refractivity contribution in [3.05, 3.63) is 108 Å². The van der Waals surface area contributed by atoms with Gasteiger partial charge in [-0.1, -0.05) is 95.6 Å². The summed E-state index contributed by atoms with van der Waals surface area (Å²) in [5.74, 6) is 1.40. The molecule has 0 radical (unpaired) electrons. The molecule has 5 rings (SSSR count). The molecule has 5 heteroatoms. The zero-order valence-electron chi connectivity index (χ0n) is 18.5. The van der Waals surface area contributed by atoms with Crippen LogP contribution in [0, 0.1) is 6.92 Å². The molecular weight excluding hydrogens is 396 g/mol. The molecule has 1 saturated heterocycles. The number of nitrogens with zero attached hydrogens (tertiary/aromatic N) is 2. The number of nitrogens with one attached hydrogen (secondary N) is 2. The van der Waals surface area contributed by atoms with Gasteiger partial charge in [0.2, 0.25) is 5.82 Å². The summed E-state index contributed by atoms with van der Waals surface area (Å²) >= 11 is 0. The van der Waals surface area contributed by atoms with Crippen molar-refractivity contribution < 1.29 is 14.3 Å². The van der Waals surface area contributed by atoms with E-state index in [9.17, 15) is 0 Å². The lowest BCUT2D eigenvalue weighted by Gasteiger charge is -2.34. The van der Waals surface area contributed by atoms with Gasteiger partial charge in [-0.15, -0.1) is 0 Å². The molecule has 162 valence electrons. The van der Waals surface area contributed by atoms with Crippen LogP contribution in [0.4, 0.5) is 0 Å². The van der Waals surface area contributed by atoms with Gasteiger partial charge in [-0.2, -0.15) is 4.98 Å². The maximum absolute atomic E-state index is 5.58. The quantitative estimate of drug-likeness (QED) is 0.497. The third-order valence-electron chi connectivity index (χ3n) is 6.45. The van der Waals surface area contributed by atoms with Crippen LogP contribution in [0.5, 0.6) is 0 Å². The first-order valence-electron chi connectivity index (χ1n) is 11.4. The summed E-state index contributed by atoms with van der Waals surface area (Å²) in [7, 11) is 0. The fourth-order valence-electron chi connectivity index (χ4n) is 4.71. The second-order valence-electron chi connectivity index (χ2n) is 8.72. The van der Waals surface area contributed by atoms with Gasteiger partial charge in [0.1, 0.15) is 32.2 Å². The van der Waals surface area contributed by atoms with E-state index in [1.165, 1.54) is 21.6 Å². The van der Waals surface area contributed by atoms with Crippen molar-refractivity contribution in [1.29, 1.82) is 0 Å². The molecule has 1 aromatic heterocycles. The van der Waals surface area contributed by atoms with Gasteiger partial charge in [0.05, 0.1) is 0 Å². The Kier molecular flexibility index (Phi) is 6.10. The minimum atomic E-state index is 0.371. The van der Waals surface area contributed by atoms with Crippen LogP contribution in [0.15, 0.2) is 89.5 Å². The minimum Gasteiger partial charge on any atom is -0.333 e. The monoisotopic (exact) mass is 426 g/mol. The highest BCUT2D eigenvalue weighted by molar-refractivity contribution is 5.54. The number of rotatable bonds is 6. The van der Waals surface area contributed by atoms with Crippen molar-refractivity contribution in [2.45, 2.75) is 19.5 Å². The number of hydrogen-bond acceptors (Lipinski definition) is 3. The average Bonchev–Trinajstić information content (AvgIpc) is 3.31. The van der Waals surface area contributed by atoms with Gasteiger partial charge in [0.15, 0.2) is 6.54 Å². The van der Waals surface area contributed by atoms with Crippen molar-refractivity contribution >= 4 is 0 Å². The molecule has 32 heavy (non-hydrogen) atoms. The summed E-state index contributed by atoms with van der Waals surface area (Å²) in [5.41, 5.74) is 5.00. The third kappa shape index (κ3) is 4.64. The van der Waals surface area contributed by atoms with Gasteiger partial charge in [-0.3, -0.25) is 0 Å².